The van der Waals surface area contributed by atoms with Crippen LogP contribution in [0.4, 0.5) is 23.8 Å². The van der Waals surface area contributed by atoms with Gasteiger partial charge < -0.3 is 5.32 Å². The minimum absolute atomic E-state index is 0.0129. The molecule has 17 heteroatoms. The first-order valence-electron chi connectivity index (χ1n) is 10.1. The summed E-state index contributed by atoms with van der Waals surface area (Å²) in [6.45, 7) is 2.08. The zero-order chi connectivity index (χ0) is 26.0. The number of nitrogens with zero attached hydrogens (tertiary/aromatic N) is 6. The number of hydrogen-bond donors (Lipinski definition) is 4. The Hall–Kier alpha value is -3.96. The summed E-state index contributed by atoms with van der Waals surface area (Å²) < 4.78 is 41.1. The Balaban J connectivity index is 1.88. The number of aryl methyl sites for hydroxylation is 1. The number of amides is 3. The lowest BCUT2D eigenvalue weighted by molar-refractivity contribution is -0.140. The Bertz CT molecular complexity index is 1430. The number of pyridine rings is 1. The molecule has 36 heavy (non-hydrogen) atoms. The molecular formula is C19H17F3N10O2S2. The minimum Gasteiger partial charge on any atom is -0.338 e. The number of nitrogen functional groups attached to an aromatic ring is 1. The first kappa shape index (κ1) is 25.1. The molecule has 0 aromatic carbocycles. The second-order valence-corrected chi connectivity index (χ2v) is 8.87. The predicted molar refractivity (Wildman–Crippen MR) is 126 cm³/mol. The van der Waals surface area contributed by atoms with Gasteiger partial charge in [0.2, 0.25) is 0 Å². The van der Waals surface area contributed by atoms with Crippen LogP contribution in [0.5, 0.6) is 0 Å². The summed E-state index contributed by atoms with van der Waals surface area (Å²) >= 11 is 1.69. The molecular weight excluding hydrogens is 521 g/mol. The van der Waals surface area contributed by atoms with E-state index in [-0.39, 0.29) is 43.4 Å². The SMILES string of the molecule is CCNC(=O)Nc1cc(-c2nc(C(F)(F)F)cs2)c(-c2nc(-c3ncnn3C)c(C(=O)NN)s2)cn1. The van der Waals surface area contributed by atoms with E-state index < -0.39 is 23.8 Å². The number of rotatable bonds is 6. The summed E-state index contributed by atoms with van der Waals surface area (Å²) in [4.78, 5) is 41.1. The predicted octanol–water partition coefficient (Wildman–Crippen LogP) is 2.89. The third kappa shape index (κ3) is 5.02. The highest BCUT2D eigenvalue weighted by Gasteiger charge is 2.34. The average Bonchev–Trinajstić information content (AvgIpc) is 3.57. The van der Waals surface area contributed by atoms with Crippen LogP contribution in [-0.4, -0.2) is 48.2 Å². The topological polar surface area (TPSA) is 166 Å². The van der Waals surface area contributed by atoms with Crippen LogP contribution in [0.25, 0.3) is 32.7 Å². The number of carbonyl (C=O) groups excluding carboxylic acids is 2. The molecule has 0 aliphatic carbocycles. The monoisotopic (exact) mass is 538 g/mol. The summed E-state index contributed by atoms with van der Waals surface area (Å²) in [6, 6.07) is 0.842. The third-order valence-electron chi connectivity index (χ3n) is 4.63. The van der Waals surface area contributed by atoms with Crippen molar-refractivity contribution in [2.75, 3.05) is 11.9 Å². The molecule has 0 radical (unpaired) electrons. The fraction of sp³-hybridized carbons (Fsp3) is 0.211. The molecule has 0 fully saturated rings. The van der Waals surface area contributed by atoms with Crippen LogP contribution in [0.3, 0.4) is 0 Å². The molecule has 0 unspecified atom stereocenters. The molecule has 0 spiro atoms. The molecule has 0 bridgehead atoms. The van der Waals surface area contributed by atoms with Gasteiger partial charge in [-0.25, -0.2) is 35.3 Å². The summed E-state index contributed by atoms with van der Waals surface area (Å²) in [7, 11) is 1.61. The number of anilines is 1. The molecule has 4 aromatic heterocycles. The molecule has 4 rings (SSSR count). The molecule has 0 saturated heterocycles. The van der Waals surface area contributed by atoms with E-state index in [1.807, 2.05) is 5.43 Å². The summed E-state index contributed by atoms with van der Waals surface area (Å²) in [5.41, 5.74) is 1.65. The lowest BCUT2D eigenvalue weighted by Gasteiger charge is -2.09. The first-order chi connectivity index (χ1) is 17.1. The highest BCUT2D eigenvalue weighted by atomic mass is 32.1. The van der Waals surface area contributed by atoms with E-state index in [4.69, 9.17) is 5.84 Å². The second kappa shape index (κ2) is 9.96. The maximum absolute atomic E-state index is 13.2. The van der Waals surface area contributed by atoms with Crippen LogP contribution in [0.1, 0.15) is 22.3 Å². The van der Waals surface area contributed by atoms with Gasteiger partial charge in [-0.2, -0.15) is 18.3 Å². The van der Waals surface area contributed by atoms with Crippen LogP contribution in [0.2, 0.25) is 0 Å². The van der Waals surface area contributed by atoms with Crippen molar-refractivity contribution >= 4 is 40.4 Å². The molecule has 12 nitrogen and oxygen atoms in total. The van der Waals surface area contributed by atoms with E-state index in [0.29, 0.717) is 6.54 Å². The van der Waals surface area contributed by atoms with Crippen molar-refractivity contribution in [1.82, 2.24) is 40.5 Å². The molecule has 0 aliphatic heterocycles. The number of alkyl halides is 3. The Morgan fingerprint density at radius 3 is 2.56 bits per heavy atom. The van der Waals surface area contributed by atoms with Gasteiger partial charge in [-0.15, -0.1) is 22.7 Å². The number of aromatic nitrogens is 6. The lowest BCUT2D eigenvalue weighted by Crippen LogP contribution is -2.29. The van der Waals surface area contributed by atoms with Gasteiger partial charge in [0.05, 0.1) is 0 Å². The number of halogens is 3. The number of hydrazine groups is 1. The zero-order valence-corrected chi connectivity index (χ0v) is 20.2. The summed E-state index contributed by atoms with van der Waals surface area (Å²) in [5.74, 6) is 5.04. The van der Waals surface area contributed by atoms with Crippen molar-refractivity contribution in [2.45, 2.75) is 13.1 Å². The normalized spacial score (nSPS) is 11.4. The molecule has 0 saturated carbocycles. The summed E-state index contributed by atoms with van der Waals surface area (Å²) in [5, 5.41) is 10.2. The van der Waals surface area contributed by atoms with Crippen molar-refractivity contribution in [3.63, 3.8) is 0 Å². The van der Waals surface area contributed by atoms with Gasteiger partial charge in [0.1, 0.15) is 32.7 Å². The maximum Gasteiger partial charge on any atom is 0.434 e. The van der Waals surface area contributed by atoms with Crippen molar-refractivity contribution in [3.05, 3.63) is 34.5 Å². The van der Waals surface area contributed by atoms with E-state index >= 15 is 0 Å². The fourth-order valence-corrected chi connectivity index (χ4v) is 4.88. The van der Waals surface area contributed by atoms with Crippen molar-refractivity contribution in [2.24, 2.45) is 12.9 Å². The van der Waals surface area contributed by atoms with Gasteiger partial charge in [0, 0.05) is 36.3 Å². The number of nitrogens with one attached hydrogen (secondary N) is 3. The van der Waals surface area contributed by atoms with E-state index in [1.54, 1.807) is 14.0 Å². The Labute approximate surface area is 208 Å². The van der Waals surface area contributed by atoms with Crippen LogP contribution in [0.15, 0.2) is 24.0 Å². The van der Waals surface area contributed by atoms with Crippen LogP contribution >= 0.6 is 22.7 Å². The lowest BCUT2D eigenvalue weighted by atomic mass is 10.1. The highest BCUT2D eigenvalue weighted by molar-refractivity contribution is 7.17. The van der Waals surface area contributed by atoms with E-state index in [1.165, 1.54) is 23.3 Å². The van der Waals surface area contributed by atoms with Crippen LogP contribution in [-0.2, 0) is 13.2 Å². The highest BCUT2D eigenvalue weighted by Crippen LogP contribution is 2.41. The zero-order valence-electron chi connectivity index (χ0n) is 18.5. The standard InChI is InChI=1S/C19H17F3N10O2S2/c1-3-24-18(34)29-11-4-8(16-28-10(6-35-16)19(20,21)22)9(5-25-11)17-30-12(13(36-17)15(33)31-23)14-26-7-27-32(14)2/h4-7H,3,23H2,1-2H3,(H,31,33)(H2,24,25,29,34). The Morgan fingerprint density at radius 2 is 1.94 bits per heavy atom. The van der Waals surface area contributed by atoms with Gasteiger partial charge in [-0.1, -0.05) is 0 Å². The molecule has 4 heterocycles. The number of urea groups is 1. The third-order valence-corrected chi connectivity index (χ3v) is 6.59. The smallest absolute Gasteiger partial charge is 0.338 e. The fourth-order valence-electron chi connectivity index (χ4n) is 3.04. The Morgan fingerprint density at radius 1 is 1.17 bits per heavy atom. The molecule has 0 aliphatic rings. The van der Waals surface area contributed by atoms with Crippen molar-refractivity contribution < 1.29 is 22.8 Å². The maximum atomic E-state index is 13.2. The van der Waals surface area contributed by atoms with Crippen LogP contribution < -0.4 is 21.9 Å². The summed E-state index contributed by atoms with van der Waals surface area (Å²) in [6.07, 6.45) is -2.04. The first-order valence-corrected chi connectivity index (χ1v) is 11.8. The molecule has 188 valence electrons. The molecule has 5 N–H and O–H groups in total. The van der Waals surface area contributed by atoms with Gasteiger partial charge in [0.25, 0.3) is 5.91 Å². The van der Waals surface area contributed by atoms with Crippen molar-refractivity contribution in [1.29, 1.82) is 0 Å². The van der Waals surface area contributed by atoms with Gasteiger partial charge in [-0.05, 0) is 13.0 Å². The molecule has 0 atom stereocenters. The largest absolute Gasteiger partial charge is 0.434 e. The Kier molecular flexibility index (Phi) is 6.95. The van der Waals surface area contributed by atoms with Gasteiger partial charge in [0.15, 0.2) is 11.5 Å². The average molecular weight is 539 g/mol. The minimum atomic E-state index is -4.64. The number of carbonyl (C=O) groups is 2. The van der Waals surface area contributed by atoms with E-state index in [9.17, 15) is 22.8 Å². The van der Waals surface area contributed by atoms with E-state index in [2.05, 4.69) is 35.7 Å². The van der Waals surface area contributed by atoms with E-state index in [0.717, 1.165) is 28.1 Å². The van der Waals surface area contributed by atoms with Crippen LogP contribution in [0, 0.1) is 0 Å². The van der Waals surface area contributed by atoms with Gasteiger partial charge in [-0.3, -0.25) is 15.5 Å². The number of nitrogens with two attached hydrogens (primary N) is 1. The number of thiazole rings is 2. The number of hydrogen-bond acceptors (Lipinski definition) is 10. The van der Waals surface area contributed by atoms with Crippen molar-refractivity contribution in [3.8, 4) is 32.7 Å². The second-order valence-electron chi connectivity index (χ2n) is 7.01. The molecule has 4 aromatic rings. The van der Waals surface area contributed by atoms with Gasteiger partial charge >= 0.3 is 12.2 Å². The molecule has 3 amide bonds. The quantitative estimate of drug-likeness (QED) is 0.165.